The fraction of sp³-hybridized carbons (Fsp3) is 0.636. The molecule has 0 rings (SSSR count). The number of aliphatic hydroxyl groups excluding tert-OH is 1. The van der Waals surface area contributed by atoms with Crippen LogP contribution in [-0.4, -0.2) is 58.5 Å². The summed E-state index contributed by atoms with van der Waals surface area (Å²) in [5.74, 6) is -1.62. The highest BCUT2D eigenvalue weighted by Crippen LogP contribution is 1.98. The van der Waals surface area contributed by atoms with Gasteiger partial charge in [0.25, 0.3) is 0 Å². The molecule has 0 saturated heterocycles. The summed E-state index contributed by atoms with van der Waals surface area (Å²) in [5, 5.41) is 24.9. The van der Waals surface area contributed by atoms with E-state index in [1.165, 1.54) is 6.08 Å². The van der Waals surface area contributed by atoms with Crippen molar-refractivity contribution in [2.75, 3.05) is 14.1 Å². The van der Waals surface area contributed by atoms with Crippen LogP contribution in [-0.2, 0) is 14.5 Å². The Labute approximate surface area is 106 Å². The lowest BCUT2D eigenvalue weighted by molar-refractivity contribution is -0.235. The number of rotatable bonds is 6. The molecule has 0 bridgehead atoms. The summed E-state index contributed by atoms with van der Waals surface area (Å²) in [5.41, 5.74) is 0. The summed E-state index contributed by atoms with van der Waals surface area (Å²) in [6, 6.07) is -0.380. The first-order valence-electron chi connectivity index (χ1n) is 5.28. The molecule has 0 aromatic rings. The lowest BCUT2D eigenvalue weighted by Gasteiger charge is -2.13. The lowest BCUT2D eigenvalue weighted by Crippen LogP contribution is -2.32. The molecule has 0 aliphatic carbocycles. The van der Waals surface area contributed by atoms with Crippen molar-refractivity contribution >= 4 is 11.9 Å². The summed E-state index contributed by atoms with van der Waals surface area (Å²) in [7, 11) is 3.47. The van der Waals surface area contributed by atoms with Gasteiger partial charge in [-0.3, -0.25) is 9.69 Å². The van der Waals surface area contributed by atoms with E-state index in [2.05, 4.69) is 11.5 Å². The van der Waals surface area contributed by atoms with Crippen molar-refractivity contribution in [1.82, 2.24) is 4.90 Å². The largest absolute Gasteiger partial charge is 0.480 e. The van der Waals surface area contributed by atoms with Crippen molar-refractivity contribution in [1.29, 1.82) is 0 Å². The van der Waals surface area contributed by atoms with E-state index in [9.17, 15) is 9.59 Å². The second-order valence-corrected chi connectivity index (χ2v) is 3.82. The molecule has 3 N–H and O–H groups in total. The van der Waals surface area contributed by atoms with Crippen LogP contribution in [0.2, 0.25) is 0 Å². The predicted molar refractivity (Wildman–Crippen MR) is 64.9 cm³/mol. The number of carboxylic acids is 1. The summed E-state index contributed by atoms with van der Waals surface area (Å²) < 4.78 is 0. The van der Waals surface area contributed by atoms with E-state index in [1.807, 2.05) is 0 Å². The van der Waals surface area contributed by atoms with Gasteiger partial charge in [-0.05, 0) is 27.4 Å². The Morgan fingerprint density at radius 3 is 2.17 bits per heavy atom. The van der Waals surface area contributed by atoms with Gasteiger partial charge in [0.15, 0.2) is 0 Å². The minimum atomic E-state index is -0.839. The van der Waals surface area contributed by atoms with E-state index in [0.29, 0.717) is 6.42 Å². The lowest BCUT2D eigenvalue weighted by atomic mass is 10.2. The van der Waals surface area contributed by atoms with Crippen molar-refractivity contribution in [2.45, 2.75) is 31.9 Å². The van der Waals surface area contributed by atoms with E-state index >= 15 is 0 Å². The van der Waals surface area contributed by atoms with Gasteiger partial charge < -0.3 is 15.1 Å². The minimum absolute atomic E-state index is 0.206. The van der Waals surface area contributed by atoms with Crippen molar-refractivity contribution in [3.63, 3.8) is 0 Å². The molecule has 7 heteroatoms. The molecule has 2 unspecified atom stereocenters. The third-order valence-corrected chi connectivity index (χ3v) is 2.07. The number of aliphatic carboxylic acids is 1. The Morgan fingerprint density at radius 1 is 1.44 bits per heavy atom. The van der Waals surface area contributed by atoms with Gasteiger partial charge in [-0.1, -0.05) is 6.08 Å². The van der Waals surface area contributed by atoms with Gasteiger partial charge in [-0.25, -0.2) is 4.79 Å². The molecule has 7 nitrogen and oxygen atoms in total. The van der Waals surface area contributed by atoms with E-state index in [4.69, 9.17) is 15.5 Å². The van der Waals surface area contributed by atoms with Gasteiger partial charge in [0, 0.05) is 0 Å². The number of carbonyl (C=O) groups excluding carboxylic acids is 1. The highest BCUT2D eigenvalue weighted by atomic mass is 17.1. The molecule has 0 aliphatic heterocycles. The third-order valence-electron chi connectivity index (χ3n) is 2.07. The van der Waals surface area contributed by atoms with Crippen LogP contribution < -0.4 is 0 Å². The first-order valence-corrected chi connectivity index (χ1v) is 5.28. The van der Waals surface area contributed by atoms with E-state index in [-0.39, 0.29) is 12.5 Å². The smallest absolute Gasteiger partial charge is 0.344 e. The first kappa shape index (κ1) is 18.9. The van der Waals surface area contributed by atoms with Crippen LogP contribution in [0.1, 0.15) is 19.8 Å². The number of carbonyl (C=O) groups is 2. The Morgan fingerprint density at radius 2 is 1.94 bits per heavy atom. The zero-order valence-corrected chi connectivity index (χ0v) is 10.9. The van der Waals surface area contributed by atoms with Crippen molar-refractivity contribution in [3.8, 4) is 0 Å². The first-order chi connectivity index (χ1) is 8.26. The Hall–Kier alpha value is -1.44. The molecule has 106 valence electrons. The van der Waals surface area contributed by atoms with Crippen LogP contribution in [0.25, 0.3) is 0 Å². The monoisotopic (exact) mass is 263 g/mol. The summed E-state index contributed by atoms with van der Waals surface area (Å²) in [6.45, 7) is 5.00. The minimum Gasteiger partial charge on any atom is -0.480 e. The molecule has 0 aliphatic rings. The molecular formula is C11H21NO6. The molecule has 0 aromatic heterocycles. The number of nitrogens with zero attached hydrogens (tertiary/aromatic N) is 1. The second-order valence-electron chi connectivity index (χ2n) is 3.82. The average molecular weight is 263 g/mol. The fourth-order valence-electron chi connectivity index (χ4n) is 0.726. The van der Waals surface area contributed by atoms with Gasteiger partial charge >= 0.3 is 11.9 Å². The highest BCUT2D eigenvalue weighted by Gasteiger charge is 2.11. The predicted octanol–water partition coefficient (Wildman–Crippen LogP) is 0.351. The van der Waals surface area contributed by atoms with Crippen molar-refractivity contribution < 1.29 is 29.9 Å². The van der Waals surface area contributed by atoms with Crippen LogP contribution in [0, 0.1) is 0 Å². The molecule has 0 saturated carbocycles. The molecule has 18 heavy (non-hydrogen) atoms. The van der Waals surface area contributed by atoms with Crippen molar-refractivity contribution in [3.05, 3.63) is 12.7 Å². The summed E-state index contributed by atoms with van der Waals surface area (Å²) in [6.07, 6.45) is 0.782. The standard InChI is InChI=1S/C6H10O4.C5H11NO2/c1-2-3-5(7)4-6(8)10-9;1-4(5(7)8)6(2)3/h2,5,7,9H,1,3-4H2;4H,1-3H3,(H,7,8). The zero-order chi connectivity index (χ0) is 14.7. The van der Waals surface area contributed by atoms with Crippen LogP contribution in [0.15, 0.2) is 12.7 Å². The molecule has 0 fully saturated rings. The Bertz CT molecular complexity index is 266. The van der Waals surface area contributed by atoms with Gasteiger partial charge in [-0.2, -0.15) is 5.26 Å². The molecular weight excluding hydrogens is 242 g/mol. The number of hydrogen-bond donors (Lipinski definition) is 3. The Balaban J connectivity index is 0. The second kappa shape index (κ2) is 10.7. The number of carboxylic acid groups (broad SMARTS) is 1. The molecule has 2 atom stereocenters. The maximum atomic E-state index is 10.2. The number of likely N-dealkylation sites (N-methyl/N-ethyl adjacent to an activating group) is 1. The number of aliphatic hydroxyl groups is 1. The fourth-order valence-corrected chi connectivity index (χ4v) is 0.726. The molecule has 0 radical (unpaired) electrons. The normalized spacial score (nSPS) is 13.0. The van der Waals surface area contributed by atoms with E-state index in [0.717, 1.165) is 0 Å². The molecule has 0 aromatic carbocycles. The maximum Gasteiger partial charge on any atom is 0.344 e. The molecule has 0 amide bonds. The van der Waals surface area contributed by atoms with Gasteiger partial charge in [0.05, 0.1) is 12.5 Å². The van der Waals surface area contributed by atoms with E-state index in [1.54, 1.807) is 25.9 Å². The van der Waals surface area contributed by atoms with Gasteiger partial charge in [0.1, 0.15) is 6.04 Å². The van der Waals surface area contributed by atoms with Crippen molar-refractivity contribution in [2.24, 2.45) is 0 Å². The summed E-state index contributed by atoms with van der Waals surface area (Å²) >= 11 is 0. The highest BCUT2D eigenvalue weighted by molar-refractivity contribution is 5.72. The van der Waals surface area contributed by atoms with Crippen LogP contribution in [0.5, 0.6) is 0 Å². The average Bonchev–Trinajstić information content (AvgIpc) is 2.28. The zero-order valence-electron chi connectivity index (χ0n) is 10.9. The van der Waals surface area contributed by atoms with Crippen LogP contribution in [0.3, 0.4) is 0 Å². The quantitative estimate of drug-likeness (QED) is 0.360. The van der Waals surface area contributed by atoms with Crippen LogP contribution in [0.4, 0.5) is 0 Å². The molecule has 0 spiro atoms. The SMILES string of the molecule is C=CCC(O)CC(=O)OO.CC(C(=O)O)N(C)C. The number of hydrogen-bond acceptors (Lipinski definition) is 6. The maximum absolute atomic E-state index is 10.2. The third kappa shape index (κ3) is 11.1. The topological polar surface area (TPSA) is 107 Å². The van der Waals surface area contributed by atoms with E-state index < -0.39 is 18.0 Å². The summed E-state index contributed by atoms with van der Waals surface area (Å²) in [4.78, 5) is 25.3. The van der Waals surface area contributed by atoms with Gasteiger partial charge in [-0.15, -0.1) is 6.58 Å². The Kier molecular flexibility index (Phi) is 11.2. The van der Waals surface area contributed by atoms with Crippen LogP contribution >= 0.6 is 0 Å². The van der Waals surface area contributed by atoms with Gasteiger partial charge in [0.2, 0.25) is 0 Å². The molecule has 0 heterocycles.